The third-order valence-corrected chi connectivity index (χ3v) is 1.25. The van der Waals surface area contributed by atoms with Crippen molar-refractivity contribution in [1.29, 1.82) is 0 Å². The van der Waals surface area contributed by atoms with E-state index in [9.17, 15) is 4.79 Å². The van der Waals surface area contributed by atoms with E-state index in [0.29, 0.717) is 12.3 Å². The highest BCUT2D eigenvalue weighted by Gasteiger charge is 2.16. The summed E-state index contributed by atoms with van der Waals surface area (Å²) in [5, 5.41) is 8.50. The van der Waals surface area contributed by atoms with E-state index in [-0.39, 0.29) is 0 Å². The molecule has 0 fully saturated rings. The van der Waals surface area contributed by atoms with Crippen LogP contribution in [0.25, 0.3) is 0 Å². The lowest BCUT2D eigenvalue weighted by atomic mass is 10.1. The number of ether oxygens (including phenoxy) is 1. The lowest BCUT2D eigenvalue weighted by Crippen LogP contribution is -2.23. The van der Waals surface area contributed by atoms with E-state index in [1.165, 1.54) is 7.11 Å². The van der Waals surface area contributed by atoms with Crippen LogP contribution in [-0.2, 0) is 9.53 Å². The second-order valence-corrected chi connectivity index (χ2v) is 2.69. The van der Waals surface area contributed by atoms with Gasteiger partial charge in [0.15, 0.2) is 6.10 Å². The van der Waals surface area contributed by atoms with Crippen LogP contribution in [-0.4, -0.2) is 24.3 Å². The van der Waals surface area contributed by atoms with Gasteiger partial charge in [0.2, 0.25) is 0 Å². The van der Waals surface area contributed by atoms with Crippen LogP contribution in [0.3, 0.4) is 0 Å². The van der Waals surface area contributed by atoms with Crippen LogP contribution in [0.1, 0.15) is 20.3 Å². The van der Waals surface area contributed by atoms with Crippen molar-refractivity contribution in [2.75, 3.05) is 7.11 Å². The van der Waals surface area contributed by atoms with Crippen LogP contribution in [0.4, 0.5) is 0 Å². The van der Waals surface area contributed by atoms with Gasteiger partial charge in [-0.3, -0.25) is 0 Å². The van der Waals surface area contributed by atoms with Gasteiger partial charge in [-0.25, -0.2) is 4.79 Å². The first-order chi connectivity index (χ1) is 4.57. The fourth-order valence-electron chi connectivity index (χ4n) is 0.726. The van der Waals surface area contributed by atoms with E-state index in [0.717, 1.165) is 0 Å². The molecular formula is C7H14O3. The third-order valence-electron chi connectivity index (χ3n) is 1.25. The molecular weight excluding hydrogens is 132 g/mol. The van der Waals surface area contributed by atoms with Gasteiger partial charge in [-0.15, -0.1) is 0 Å². The molecule has 1 atom stereocenters. The number of methoxy groups -OCH3 is 1. The molecule has 1 N–H and O–H groups in total. The molecule has 3 heteroatoms. The molecule has 10 heavy (non-hydrogen) atoms. The Labute approximate surface area is 61.0 Å². The molecule has 60 valence electrons. The highest BCUT2D eigenvalue weighted by Crippen LogP contribution is 2.06. The molecule has 0 aliphatic carbocycles. The van der Waals surface area contributed by atoms with Gasteiger partial charge < -0.3 is 9.84 Å². The summed E-state index contributed by atoms with van der Waals surface area (Å²) in [7, 11) is 1.42. The monoisotopic (exact) mass is 146 g/mol. The number of carboxylic acids is 1. The first-order valence-corrected chi connectivity index (χ1v) is 3.33. The van der Waals surface area contributed by atoms with Gasteiger partial charge in [-0.2, -0.15) is 0 Å². The zero-order valence-corrected chi connectivity index (χ0v) is 6.63. The lowest BCUT2D eigenvalue weighted by Gasteiger charge is -2.11. The predicted octanol–water partition coefficient (Wildman–Crippen LogP) is 1.13. The maximum atomic E-state index is 10.3. The first-order valence-electron chi connectivity index (χ1n) is 3.33. The minimum atomic E-state index is -0.879. The summed E-state index contributed by atoms with van der Waals surface area (Å²) in [6.07, 6.45) is -0.0637. The summed E-state index contributed by atoms with van der Waals surface area (Å²) in [5.74, 6) is -0.516. The zero-order valence-electron chi connectivity index (χ0n) is 6.63. The van der Waals surface area contributed by atoms with Crippen LogP contribution in [0.2, 0.25) is 0 Å². The molecule has 0 amide bonds. The van der Waals surface area contributed by atoms with Gasteiger partial charge in [-0.05, 0) is 12.3 Å². The topological polar surface area (TPSA) is 46.5 Å². The third kappa shape index (κ3) is 3.45. The molecule has 0 aliphatic rings. The normalized spacial score (nSPS) is 13.6. The Balaban J connectivity index is 3.72. The van der Waals surface area contributed by atoms with E-state index >= 15 is 0 Å². The molecule has 0 heterocycles. The van der Waals surface area contributed by atoms with Gasteiger partial charge in [0.25, 0.3) is 0 Å². The Morgan fingerprint density at radius 3 is 2.20 bits per heavy atom. The van der Waals surface area contributed by atoms with Crippen molar-refractivity contribution >= 4 is 5.97 Å². The predicted molar refractivity (Wildman–Crippen MR) is 37.9 cm³/mol. The van der Waals surface area contributed by atoms with Crippen molar-refractivity contribution in [3.05, 3.63) is 0 Å². The molecule has 0 aromatic heterocycles. The summed E-state index contributed by atoms with van der Waals surface area (Å²) in [5.41, 5.74) is 0. The number of hydrogen-bond donors (Lipinski definition) is 1. The summed E-state index contributed by atoms with van der Waals surface area (Å²) in [4.78, 5) is 10.3. The molecule has 0 aromatic carbocycles. The Kier molecular flexibility index (Phi) is 4.03. The Bertz CT molecular complexity index is 109. The molecule has 0 saturated carbocycles. The van der Waals surface area contributed by atoms with Crippen molar-refractivity contribution in [2.45, 2.75) is 26.4 Å². The fraction of sp³-hybridized carbons (Fsp3) is 0.857. The Morgan fingerprint density at radius 1 is 1.60 bits per heavy atom. The van der Waals surface area contributed by atoms with Gasteiger partial charge >= 0.3 is 5.97 Å². The van der Waals surface area contributed by atoms with Crippen LogP contribution in [0, 0.1) is 5.92 Å². The smallest absolute Gasteiger partial charge is 0.332 e. The zero-order chi connectivity index (χ0) is 8.15. The fourth-order valence-corrected chi connectivity index (χ4v) is 0.726. The molecule has 0 aromatic rings. The summed E-state index contributed by atoms with van der Waals surface area (Å²) >= 11 is 0. The van der Waals surface area contributed by atoms with Gasteiger partial charge in [-0.1, -0.05) is 13.8 Å². The lowest BCUT2D eigenvalue weighted by molar-refractivity contribution is -0.149. The molecule has 0 spiro atoms. The highest BCUT2D eigenvalue weighted by molar-refractivity contribution is 5.72. The highest BCUT2D eigenvalue weighted by atomic mass is 16.5. The molecule has 0 bridgehead atoms. The van der Waals surface area contributed by atoms with Gasteiger partial charge in [0.05, 0.1) is 0 Å². The average Bonchev–Trinajstić information content (AvgIpc) is 1.81. The quantitative estimate of drug-likeness (QED) is 0.646. The van der Waals surface area contributed by atoms with Crippen molar-refractivity contribution in [2.24, 2.45) is 5.92 Å². The van der Waals surface area contributed by atoms with Crippen LogP contribution < -0.4 is 0 Å². The SMILES string of the molecule is COC(CC(C)C)C(=O)O. The Hall–Kier alpha value is -0.570. The van der Waals surface area contributed by atoms with E-state index in [1.54, 1.807) is 0 Å². The number of carbonyl (C=O) groups is 1. The summed E-state index contributed by atoms with van der Waals surface area (Å²) in [6, 6.07) is 0. The summed E-state index contributed by atoms with van der Waals surface area (Å²) in [6.45, 7) is 3.93. The van der Waals surface area contributed by atoms with Crippen LogP contribution in [0.15, 0.2) is 0 Å². The van der Waals surface area contributed by atoms with E-state index in [1.807, 2.05) is 13.8 Å². The van der Waals surface area contributed by atoms with Crippen molar-refractivity contribution < 1.29 is 14.6 Å². The molecule has 0 saturated heterocycles. The maximum absolute atomic E-state index is 10.3. The molecule has 0 aliphatic heterocycles. The number of hydrogen-bond acceptors (Lipinski definition) is 2. The average molecular weight is 146 g/mol. The van der Waals surface area contributed by atoms with E-state index < -0.39 is 12.1 Å². The minimum absolute atomic E-state index is 0.362. The molecule has 0 radical (unpaired) electrons. The second-order valence-electron chi connectivity index (χ2n) is 2.69. The minimum Gasteiger partial charge on any atom is -0.479 e. The van der Waals surface area contributed by atoms with E-state index in [4.69, 9.17) is 9.84 Å². The second kappa shape index (κ2) is 4.28. The standard InChI is InChI=1S/C7H14O3/c1-5(2)4-6(10-3)7(8)9/h5-6H,4H2,1-3H3,(H,8,9). The van der Waals surface area contributed by atoms with Gasteiger partial charge in [0.1, 0.15) is 0 Å². The summed E-state index contributed by atoms with van der Waals surface area (Å²) < 4.78 is 4.72. The molecule has 3 nitrogen and oxygen atoms in total. The van der Waals surface area contributed by atoms with Gasteiger partial charge in [0, 0.05) is 7.11 Å². The number of carboxylic acid groups (broad SMARTS) is 1. The van der Waals surface area contributed by atoms with Crippen molar-refractivity contribution in [3.63, 3.8) is 0 Å². The Morgan fingerprint density at radius 2 is 2.10 bits per heavy atom. The van der Waals surface area contributed by atoms with Crippen LogP contribution >= 0.6 is 0 Å². The number of rotatable bonds is 4. The molecule has 0 rings (SSSR count). The van der Waals surface area contributed by atoms with Crippen molar-refractivity contribution in [3.8, 4) is 0 Å². The van der Waals surface area contributed by atoms with Crippen molar-refractivity contribution in [1.82, 2.24) is 0 Å². The van der Waals surface area contributed by atoms with E-state index in [2.05, 4.69) is 0 Å². The first kappa shape index (κ1) is 9.43. The largest absolute Gasteiger partial charge is 0.479 e. The number of aliphatic carboxylic acids is 1. The maximum Gasteiger partial charge on any atom is 0.332 e. The van der Waals surface area contributed by atoms with Crippen LogP contribution in [0.5, 0.6) is 0 Å². The molecule has 1 unspecified atom stereocenters.